The summed E-state index contributed by atoms with van der Waals surface area (Å²) in [4.78, 5) is 27.6. The molecule has 0 aromatic heterocycles. The van der Waals surface area contributed by atoms with Crippen molar-refractivity contribution in [3.63, 3.8) is 0 Å². The smallest absolute Gasteiger partial charge is 0.199 e. The summed E-state index contributed by atoms with van der Waals surface area (Å²) < 4.78 is 0. The molecule has 3 nitrogen and oxygen atoms in total. The van der Waals surface area contributed by atoms with Crippen LogP contribution >= 0.6 is 8.38 Å². The molecule has 0 unspecified atom stereocenters. The number of aldehydes is 1. The molecule has 1 aromatic rings. The molecule has 0 saturated carbocycles. The zero-order valence-electron chi connectivity index (χ0n) is 5.64. The maximum atomic E-state index is 10.2. The van der Waals surface area contributed by atoms with Gasteiger partial charge in [-0.2, -0.15) is 0 Å². The first-order valence-electron chi connectivity index (χ1n) is 2.97. The second-order valence-electron chi connectivity index (χ2n) is 2.00. The van der Waals surface area contributed by atoms with E-state index in [0.717, 1.165) is 0 Å². The molecular weight excluding hydrogens is 163 g/mol. The van der Waals surface area contributed by atoms with E-state index in [0.29, 0.717) is 17.2 Å². The van der Waals surface area contributed by atoms with Crippen LogP contribution in [0.4, 0.5) is 0 Å². The average molecular weight is 170 g/mol. The van der Waals surface area contributed by atoms with Gasteiger partial charge in [0.05, 0.1) is 0 Å². The number of carbonyl (C=O) groups excluding carboxylic acids is 1. The highest BCUT2D eigenvalue weighted by Crippen LogP contribution is 2.21. The Balaban J connectivity index is 2.91. The number of hydrogen-bond acceptors (Lipinski definition) is 3. The molecule has 1 aromatic carbocycles. The fourth-order valence-electron chi connectivity index (χ4n) is 0.686. The van der Waals surface area contributed by atoms with Gasteiger partial charge in [0.15, 0.2) is 8.38 Å². The van der Waals surface area contributed by atoms with E-state index in [-0.39, 0.29) is 0 Å². The predicted octanol–water partition coefficient (Wildman–Crippen LogP) is 0.421. The van der Waals surface area contributed by atoms with E-state index in [1.165, 1.54) is 12.1 Å². The lowest BCUT2D eigenvalue weighted by Gasteiger charge is -2.00. The van der Waals surface area contributed by atoms with Crippen molar-refractivity contribution in [1.29, 1.82) is 0 Å². The van der Waals surface area contributed by atoms with Crippen molar-refractivity contribution < 1.29 is 14.6 Å². The van der Waals surface area contributed by atoms with Gasteiger partial charge in [0.1, 0.15) is 6.29 Å². The van der Waals surface area contributed by atoms with Crippen LogP contribution in [0.5, 0.6) is 0 Å². The molecule has 0 aliphatic carbocycles. The third-order valence-corrected chi connectivity index (χ3v) is 2.02. The fourth-order valence-corrected chi connectivity index (χ4v) is 1.10. The Morgan fingerprint density at radius 3 is 2.09 bits per heavy atom. The van der Waals surface area contributed by atoms with Crippen LogP contribution in [-0.4, -0.2) is 16.1 Å². The molecular formula is C7H7O3P. The van der Waals surface area contributed by atoms with Gasteiger partial charge >= 0.3 is 0 Å². The summed E-state index contributed by atoms with van der Waals surface area (Å²) in [5.74, 6) is 0. The van der Waals surface area contributed by atoms with Gasteiger partial charge in [-0.15, -0.1) is 0 Å². The highest BCUT2D eigenvalue weighted by Gasteiger charge is 2.01. The summed E-state index contributed by atoms with van der Waals surface area (Å²) in [6, 6.07) is 6.14. The average Bonchev–Trinajstić information content (AvgIpc) is 2.05. The van der Waals surface area contributed by atoms with Crippen molar-refractivity contribution in [1.82, 2.24) is 0 Å². The lowest BCUT2D eigenvalue weighted by Crippen LogP contribution is -1.98. The molecule has 4 heteroatoms. The van der Waals surface area contributed by atoms with Gasteiger partial charge < -0.3 is 9.79 Å². The minimum atomic E-state index is -2.03. The van der Waals surface area contributed by atoms with Crippen molar-refractivity contribution in [2.75, 3.05) is 0 Å². The van der Waals surface area contributed by atoms with Gasteiger partial charge in [0.25, 0.3) is 0 Å². The standard InChI is InChI=1S/C7H7O3P/c8-5-6-1-3-7(4-2-6)11(9)10/h1-5,9-10H. The summed E-state index contributed by atoms with van der Waals surface area (Å²) in [5.41, 5.74) is 0.533. The molecule has 0 heterocycles. The van der Waals surface area contributed by atoms with Crippen LogP contribution in [0, 0.1) is 0 Å². The lowest BCUT2D eigenvalue weighted by molar-refractivity contribution is 0.112. The molecule has 0 radical (unpaired) electrons. The number of rotatable bonds is 2. The van der Waals surface area contributed by atoms with Gasteiger partial charge in [0, 0.05) is 10.9 Å². The summed E-state index contributed by atoms with van der Waals surface area (Å²) >= 11 is 0. The third-order valence-electron chi connectivity index (χ3n) is 1.26. The molecule has 0 fully saturated rings. The van der Waals surface area contributed by atoms with Crippen LogP contribution in [-0.2, 0) is 0 Å². The molecule has 2 N–H and O–H groups in total. The quantitative estimate of drug-likeness (QED) is 0.499. The normalized spacial score (nSPS) is 10.1. The van der Waals surface area contributed by atoms with E-state index < -0.39 is 8.38 Å². The largest absolute Gasteiger partial charge is 0.347 e. The minimum Gasteiger partial charge on any atom is -0.347 e. The van der Waals surface area contributed by atoms with Crippen molar-refractivity contribution in [2.45, 2.75) is 0 Å². The Morgan fingerprint density at radius 2 is 1.73 bits per heavy atom. The molecule has 0 aliphatic rings. The highest BCUT2D eigenvalue weighted by molar-refractivity contribution is 7.54. The van der Waals surface area contributed by atoms with Crippen molar-refractivity contribution in [3.8, 4) is 0 Å². The topological polar surface area (TPSA) is 57.5 Å². The maximum absolute atomic E-state index is 10.2. The predicted molar refractivity (Wildman–Crippen MR) is 42.8 cm³/mol. The molecule has 0 aliphatic heterocycles. The monoisotopic (exact) mass is 170 g/mol. The Bertz CT molecular complexity index is 242. The highest BCUT2D eigenvalue weighted by atomic mass is 31.2. The first-order valence-corrected chi connectivity index (χ1v) is 4.22. The number of carbonyl (C=O) groups is 1. The van der Waals surface area contributed by atoms with Gasteiger partial charge in [-0.3, -0.25) is 4.79 Å². The zero-order valence-corrected chi connectivity index (χ0v) is 6.53. The molecule has 1 rings (SSSR count). The third kappa shape index (κ3) is 2.09. The van der Waals surface area contributed by atoms with Gasteiger partial charge in [0.2, 0.25) is 0 Å². The second-order valence-corrected chi connectivity index (χ2v) is 3.09. The molecule has 0 saturated heterocycles. The number of benzene rings is 1. The van der Waals surface area contributed by atoms with E-state index in [2.05, 4.69) is 0 Å². The van der Waals surface area contributed by atoms with Crippen LogP contribution in [0.2, 0.25) is 0 Å². The van der Waals surface area contributed by atoms with E-state index in [1.54, 1.807) is 12.1 Å². The van der Waals surface area contributed by atoms with Crippen LogP contribution in [0.25, 0.3) is 0 Å². The molecule has 0 bridgehead atoms. The van der Waals surface area contributed by atoms with Crippen LogP contribution < -0.4 is 5.30 Å². The van der Waals surface area contributed by atoms with Gasteiger partial charge in [-0.05, 0) is 12.1 Å². The molecule has 0 atom stereocenters. The Kier molecular flexibility index (Phi) is 2.71. The van der Waals surface area contributed by atoms with E-state index in [4.69, 9.17) is 9.79 Å². The van der Waals surface area contributed by atoms with Crippen LogP contribution in [0.3, 0.4) is 0 Å². The van der Waals surface area contributed by atoms with Crippen LogP contribution in [0.1, 0.15) is 10.4 Å². The van der Waals surface area contributed by atoms with E-state index >= 15 is 0 Å². The molecule has 0 amide bonds. The van der Waals surface area contributed by atoms with E-state index in [1.807, 2.05) is 0 Å². The summed E-state index contributed by atoms with van der Waals surface area (Å²) in [5, 5.41) is 0.450. The number of hydrogen-bond donors (Lipinski definition) is 2. The molecule has 11 heavy (non-hydrogen) atoms. The molecule has 58 valence electrons. The Hall–Kier alpha value is -0.760. The zero-order chi connectivity index (χ0) is 8.27. The van der Waals surface area contributed by atoms with Crippen molar-refractivity contribution in [2.24, 2.45) is 0 Å². The summed E-state index contributed by atoms with van der Waals surface area (Å²) in [6.07, 6.45) is 0.709. The lowest BCUT2D eigenvalue weighted by atomic mass is 10.2. The Morgan fingerprint density at radius 1 is 1.18 bits per heavy atom. The fraction of sp³-hybridized carbons (Fsp3) is 0. The Labute approximate surface area is 65.2 Å². The SMILES string of the molecule is O=Cc1ccc(P(O)O)cc1. The minimum absolute atomic E-state index is 0.450. The van der Waals surface area contributed by atoms with Gasteiger partial charge in [-0.25, -0.2) is 0 Å². The van der Waals surface area contributed by atoms with Crippen molar-refractivity contribution >= 4 is 20.0 Å². The summed E-state index contributed by atoms with van der Waals surface area (Å²) in [6.45, 7) is 0. The van der Waals surface area contributed by atoms with E-state index in [9.17, 15) is 4.79 Å². The first-order chi connectivity index (χ1) is 5.24. The first kappa shape index (κ1) is 8.34. The summed E-state index contributed by atoms with van der Waals surface area (Å²) in [7, 11) is -2.03. The molecule has 0 spiro atoms. The van der Waals surface area contributed by atoms with Crippen molar-refractivity contribution in [3.05, 3.63) is 29.8 Å². The van der Waals surface area contributed by atoms with Gasteiger partial charge in [-0.1, -0.05) is 12.1 Å². The maximum Gasteiger partial charge on any atom is 0.199 e. The van der Waals surface area contributed by atoms with Crippen LogP contribution in [0.15, 0.2) is 24.3 Å². The second kappa shape index (κ2) is 3.58.